The number of carboxylic acids is 1. The standard InChI is InChI=1S/C39H66O6SSi2/c1-13-14-16-24-31(44-47(9,10)38(3,4)5)25-26-32-33(45-48(11,12)39(6,7)8)28-34(43-37(42)30-22-17-15-18-23-30)35(32)46-27-20-19-21-29(2)36(40)41/h15,17-18,22-23,25-26,29,31-33H,13-14,16,19-21,24,27-28H2,1-12H3,(H,40,41)/t29?,31-,32-,33+/m0/s1. The minimum absolute atomic E-state index is 0.00522. The molecule has 2 rings (SSSR count). The van der Waals surface area contributed by atoms with Gasteiger partial charge in [-0.25, -0.2) is 4.79 Å². The Bertz CT molecular complexity index is 1230. The molecule has 1 unspecified atom stereocenters. The third-order valence-corrected chi connectivity index (χ3v) is 20.7. The molecule has 0 bridgehead atoms. The van der Waals surface area contributed by atoms with E-state index in [9.17, 15) is 14.7 Å². The van der Waals surface area contributed by atoms with Crippen LogP contribution in [0, 0.1) is 11.8 Å². The molecule has 4 atom stereocenters. The number of carboxylic acid groups (broad SMARTS) is 1. The van der Waals surface area contributed by atoms with Crippen LogP contribution < -0.4 is 0 Å². The first kappa shape index (κ1) is 42.5. The second-order valence-electron chi connectivity index (χ2n) is 16.6. The lowest BCUT2D eigenvalue weighted by Crippen LogP contribution is -2.45. The van der Waals surface area contributed by atoms with Gasteiger partial charge in [0.1, 0.15) is 5.76 Å². The van der Waals surface area contributed by atoms with Crippen LogP contribution in [0.1, 0.15) is 117 Å². The van der Waals surface area contributed by atoms with Crippen LogP contribution in [-0.4, -0.2) is 51.6 Å². The minimum atomic E-state index is -2.18. The van der Waals surface area contributed by atoms with Crippen molar-refractivity contribution >= 4 is 40.3 Å². The van der Waals surface area contributed by atoms with E-state index in [4.69, 9.17) is 13.6 Å². The van der Waals surface area contributed by atoms with Crippen LogP contribution in [0.2, 0.25) is 36.3 Å². The number of carbonyl (C=O) groups is 2. The summed E-state index contributed by atoms with van der Waals surface area (Å²) in [6.07, 6.45) is 11.7. The Morgan fingerprint density at radius 3 is 2.10 bits per heavy atom. The molecule has 0 fully saturated rings. The van der Waals surface area contributed by atoms with E-state index in [1.54, 1.807) is 30.8 Å². The van der Waals surface area contributed by atoms with E-state index in [-0.39, 0.29) is 40.1 Å². The summed E-state index contributed by atoms with van der Waals surface area (Å²) in [5, 5.41) is 9.46. The molecule has 1 N–H and O–H groups in total. The molecule has 48 heavy (non-hydrogen) atoms. The Morgan fingerprint density at radius 2 is 1.54 bits per heavy atom. The molecule has 0 saturated carbocycles. The number of hydrogen-bond donors (Lipinski definition) is 1. The summed E-state index contributed by atoms with van der Waals surface area (Å²) >= 11 is 1.73. The fraction of sp³-hybridized carbons (Fsp3) is 0.692. The molecule has 1 aromatic carbocycles. The molecule has 0 saturated heterocycles. The fourth-order valence-electron chi connectivity index (χ4n) is 5.11. The van der Waals surface area contributed by atoms with Crippen molar-refractivity contribution in [3.05, 3.63) is 58.7 Å². The summed E-state index contributed by atoms with van der Waals surface area (Å²) in [5.41, 5.74) is 0.525. The van der Waals surface area contributed by atoms with E-state index in [1.807, 2.05) is 18.2 Å². The maximum Gasteiger partial charge on any atom is 0.343 e. The number of rotatable bonds is 19. The number of ether oxygens (including phenoxy) is 1. The zero-order chi connectivity index (χ0) is 36.3. The van der Waals surface area contributed by atoms with Crippen LogP contribution in [0.4, 0.5) is 0 Å². The van der Waals surface area contributed by atoms with Crippen LogP contribution in [-0.2, 0) is 18.4 Å². The average molecular weight is 719 g/mol. The summed E-state index contributed by atoms with van der Waals surface area (Å²) in [6, 6.07) is 9.17. The van der Waals surface area contributed by atoms with Crippen LogP contribution in [0.3, 0.4) is 0 Å². The van der Waals surface area contributed by atoms with E-state index in [1.165, 1.54) is 6.42 Å². The molecule has 0 spiro atoms. The predicted octanol–water partition coefficient (Wildman–Crippen LogP) is 11.6. The number of aliphatic carboxylic acids is 1. The second kappa shape index (κ2) is 18.5. The van der Waals surface area contributed by atoms with Gasteiger partial charge in [-0.2, -0.15) is 0 Å². The lowest BCUT2D eigenvalue weighted by atomic mass is 10.0. The molecule has 0 aromatic heterocycles. The molecule has 1 aliphatic carbocycles. The normalized spacial score (nSPS) is 19.2. The number of benzene rings is 1. The van der Waals surface area contributed by atoms with Gasteiger partial charge < -0.3 is 18.7 Å². The molecule has 272 valence electrons. The summed E-state index contributed by atoms with van der Waals surface area (Å²) in [5.74, 6) is -0.0251. The zero-order valence-corrected chi connectivity index (χ0v) is 34.9. The summed E-state index contributed by atoms with van der Waals surface area (Å²) in [4.78, 5) is 25.8. The monoisotopic (exact) mass is 718 g/mol. The van der Waals surface area contributed by atoms with Crippen LogP contribution >= 0.6 is 11.8 Å². The molecule has 1 aliphatic rings. The highest BCUT2D eigenvalue weighted by Crippen LogP contribution is 2.47. The molecule has 0 amide bonds. The molecular formula is C39H66O6SSi2. The first-order chi connectivity index (χ1) is 22.2. The molecular weight excluding hydrogens is 653 g/mol. The topological polar surface area (TPSA) is 82.1 Å². The molecule has 6 nitrogen and oxygen atoms in total. The fourth-order valence-corrected chi connectivity index (χ4v) is 9.03. The van der Waals surface area contributed by atoms with Crippen LogP contribution in [0.15, 0.2) is 53.1 Å². The van der Waals surface area contributed by atoms with E-state index >= 15 is 0 Å². The Hall–Kier alpha value is -1.66. The van der Waals surface area contributed by atoms with Crippen molar-refractivity contribution in [3.8, 4) is 0 Å². The molecule has 0 aliphatic heterocycles. The third kappa shape index (κ3) is 12.9. The lowest BCUT2D eigenvalue weighted by Gasteiger charge is -2.40. The maximum absolute atomic E-state index is 13.4. The highest BCUT2D eigenvalue weighted by Gasteiger charge is 2.45. The summed E-state index contributed by atoms with van der Waals surface area (Å²) in [6.45, 7) is 26.8. The first-order valence-corrected chi connectivity index (χ1v) is 24.9. The number of hydrogen-bond acceptors (Lipinski definition) is 6. The largest absolute Gasteiger partial charge is 0.481 e. The van der Waals surface area contributed by atoms with Gasteiger partial charge in [0.2, 0.25) is 0 Å². The Morgan fingerprint density at radius 1 is 0.938 bits per heavy atom. The summed E-state index contributed by atoms with van der Waals surface area (Å²) < 4.78 is 20.4. The zero-order valence-electron chi connectivity index (χ0n) is 32.1. The highest BCUT2D eigenvalue weighted by atomic mass is 32.2. The van der Waals surface area contributed by atoms with Crippen molar-refractivity contribution in [2.75, 3.05) is 5.75 Å². The van der Waals surface area contributed by atoms with Crippen molar-refractivity contribution in [1.29, 1.82) is 0 Å². The van der Waals surface area contributed by atoms with Crippen LogP contribution in [0.25, 0.3) is 0 Å². The van der Waals surface area contributed by atoms with E-state index in [0.717, 1.165) is 42.8 Å². The quantitative estimate of drug-likeness (QED) is 0.0660. The van der Waals surface area contributed by atoms with Gasteiger partial charge in [-0.3, -0.25) is 4.79 Å². The molecule has 0 radical (unpaired) electrons. The van der Waals surface area contributed by atoms with Gasteiger partial charge in [0, 0.05) is 17.2 Å². The Kier molecular flexibility index (Phi) is 16.4. The van der Waals surface area contributed by atoms with Crippen LogP contribution in [0.5, 0.6) is 0 Å². The average Bonchev–Trinajstić information content (AvgIpc) is 3.28. The Labute approximate surface area is 299 Å². The van der Waals surface area contributed by atoms with Gasteiger partial charge in [0.25, 0.3) is 0 Å². The number of unbranched alkanes of at least 4 members (excludes halogenated alkanes) is 3. The first-order valence-electron chi connectivity index (χ1n) is 18.1. The smallest absolute Gasteiger partial charge is 0.343 e. The second-order valence-corrected chi connectivity index (χ2v) is 27.2. The van der Waals surface area contributed by atoms with Crippen molar-refractivity contribution in [1.82, 2.24) is 0 Å². The van der Waals surface area contributed by atoms with Crippen molar-refractivity contribution in [2.24, 2.45) is 11.8 Å². The van der Waals surface area contributed by atoms with Crippen molar-refractivity contribution in [2.45, 2.75) is 155 Å². The predicted molar refractivity (Wildman–Crippen MR) is 208 cm³/mol. The van der Waals surface area contributed by atoms with Gasteiger partial charge in [-0.1, -0.05) is 111 Å². The van der Waals surface area contributed by atoms with E-state index in [0.29, 0.717) is 24.2 Å². The SMILES string of the molecule is CCCCC[C@@H](C=C[C@@H]1C(SCCCCC(C)C(=O)O)=C(OC(=O)c2ccccc2)C[C@H]1O[Si](C)(C)C(C)(C)C)O[Si](C)(C)C(C)(C)C. The van der Waals surface area contributed by atoms with Gasteiger partial charge in [0.05, 0.1) is 23.7 Å². The molecule has 0 heterocycles. The summed E-state index contributed by atoms with van der Waals surface area (Å²) in [7, 11) is -4.20. The van der Waals surface area contributed by atoms with Gasteiger partial charge in [-0.05, 0) is 73.4 Å². The Balaban J connectivity index is 2.53. The maximum atomic E-state index is 13.4. The minimum Gasteiger partial charge on any atom is -0.481 e. The number of carbonyl (C=O) groups excluding carboxylic acids is 1. The molecule has 9 heteroatoms. The number of esters is 1. The van der Waals surface area contributed by atoms with Crippen molar-refractivity contribution in [3.63, 3.8) is 0 Å². The lowest BCUT2D eigenvalue weighted by molar-refractivity contribution is -0.141. The highest BCUT2D eigenvalue weighted by molar-refractivity contribution is 8.03. The van der Waals surface area contributed by atoms with Gasteiger partial charge in [-0.15, -0.1) is 11.8 Å². The van der Waals surface area contributed by atoms with E-state index in [2.05, 4.69) is 86.8 Å². The molecule has 1 aromatic rings. The number of thioether (sulfide) groups is 1. The van der Waals surface area contributed by atoms with Gasteiger partial charge >= 0.3 is 11.9 Å². The third-order valence-electron chi connectivity index (χ3n) is 10.4. The van der Waals surface area contributed by atoms with E-state index < -0.39 is 22.6 Å². The van der Waals surface area contributed by atoms with Gasteiger partial charge in [0.15, 0.2) is 16.6 Å². The van der Waals surface area contributed by atoms with Crippen molar-refractivity contribution < 1.29 is 28.3 Å².